The van der Waals surface area contributed by atoms with Gasteiger partial charge in [0.15, 0.2) is 16.4 Å². The number of nitrogens with zero attached hydrogens (tertiary/aromatic N) is 1. The number of carbonyl (C=O) groups is 3. The van der Waals surface area contributed by atoms with Crippen molar-refractivity contribution in [2.75, 3.05) is 24.2 Å². The van der Waals surface area contributed by atoms with Crippen LogP contribution in [0.3, 0.4) is 0 Å². The van der Waals surface area contributed by atoms with E-state index < -0.39 is 34.2 Å². The number of rotatable bonds is 15. The molecule has 0 saturated heterocycles. The molecule has 248 valence electrons. The molecule has 48 heavy (non-hydrogen) atoms. The summed E-state index contributed by atoms with van der Waals surface area (Å²) in [6.45, 7) is -0.555. The second-order valence-electron chi connectivity index (χ2n) is 10.6. The van der Waals surface area contributed by atoms with Crippen LogP contribution < -0.4 is 25.8 Å². The number of benzene rings is 4. The van der Waals surface area contributed by atoms with Gasteiger partial charge in [-0.05, 0) is 85.1 Å². The number of primary amides is 1. The molecule has 1 aromatic heterocycles. The molecule has 0 spiro atoms. The summed E-state index contributed by atoms with van der Waals surface area (Å²) in [6, 6.07) is 25.4. The van der Waals surface area contributed by atoms with Crippen molar-refractivity contribution in [3.05, 3.63) is 112 Å². The van der Waals surface area contributed by atoms with E-state index in [1.54, 1.807) is 42.5 Å². The van der Waals surface area contributed by atoms with Crippen LogP contribution in [0.1, 0.15) is 27.3 Å². The highest BCUT2D eigenvalue weighted by molar-refractivity contribution is 7.91. The van der Waals surface area contributed by atoms with Crippen molar-refractivity contribution < 1.29 is 32.3 Å². The topological polar surface area (TPSA) is 167 Å². The van der Waals surface area contributed by atoms with Gasteiger partial charge in [-0.2, -0.15) is 0 Å². The van der Waals surface area contributed by atoms with Gasteiger partial charge in [-0.3, -0.25) is 14.4 Å². The van der Waals surface area contributed by atoms with Gasteiger partial charge in [0.25, 0.3) is 11.8 Å². The van der Waals surface area contributed by atoms with Crippen LogP contribution in [0.15, 0.2) is 95.9 Å². The van der Waals surface area contributed by atoms with Crippen molar-refractivity contribution in [2.45, 2.75) is 24.3 Å². The molecule has 0 atom stereocenters. The highest BCUT2D eigenvalue weighted by atomic mass is 35.5. The zero-order valence-electron chi connectivity index (χ0n) is 25.5. The Morgan fingerprint density at radius 3 is 2.48 bits per heavy atom. The summed E-state index contributed by atoms with van der Waals surface area (Å²) < 4.78 is 38.2. The number of nitrogens with one attached hydrogen (secondary N) is 2. The first-order chi connectivity index (χ1) is 23.1. The number of anilines is 1. The van der Waals surface area contributed by atoms with E-state index in [2.05, 4.69) is 15.6 Å². The number of hydrogen-bond donors (Lipinski definition) is 3. The molecule has 11 nitrogen and oxygen atoms in total. The Labute approximate surface area is 286 Å². The Hall–Kier alpha value is -4.98. The van der Waals surface area contributed by atoms with Crippen molar-refractivity contribution in [3.8, 4) is 11.5 Å². The van der Waals surface area contributed by atoms with Crippen LogP contribution in [0.25, 0.3) is 10.2 Å². The average Bonchev–Trinajstić information content (AvgIpc) is 3.49. The van der Waals surface area contributed by atoms with Gasteiger partial charge in [0, 0.05) is 10.6 Å². The van der Waals surface area contributed by atoms with E-state index in [9.17, 15) is 22.8 Å². The average molecular weight is 707 g/mol. The third-order valence-electron chi connectivity index (χ3n) is 6.96. The summed E-state index contributed by atoms with van der Waals surface area (Å²) in [6.07, 6.45) is 0.687. The molecule has 0 radical (unpaired) electrons. The second kappa shape index (κ2) is 15.7. The molecule has 5 rings (SSSR count). The Kier molecular flexibility index (Phi) is 11.3. The smallest absolute Gasteiger partial charge is 0.258 e. The lowest BCUT2D eigenvalue weighted by Gasteiger charge is -2.15. The van der Waals surface area contributed by atoms with Gasteiger partial charge >= 0.3 is 0 Å². The van der Waals surface area contributed by atoms with Gasteiger partial charge in [0.1, 0.15) is 23.1 Å². The Balaban J connectivity index is 1.27. The summed E-state index contributed by atoms with van der Waals surface area (Å²) in [5, 5.41) is 6.41. The maximum atomic E-state index is 13.4. The second-order valence-corrected chi connectivity index (χ2v) is 14.2. The number of sulfone groups is 1. The number of aryl methyl sites for hydroxylation is 1. The monoisotopic (exact) mass is 706 g/mol. The lowest BCUT2D eigenvalue weighted by molar-refractivity contribution is -0.126. The summed E-state index contributed by atoms with van der Waals surface area (Å²) in [7, 11) is -3.53. The molecule has 0 aliphatic carbocycles. The molecular weight excluding hydrogens is 676 g/mol. The fourth-order valence-electron chi connectivity index (χ4n) is 4.61. The largest absolute Gasteiger partial charge is 0.486 e. The minimum atomic E-state index is -3.53. The van der Waals surface area contributed by atoms with Gasteiger partial charge < -0.3 is 25.8 Å². The molecule has 0 aliphatic heterocycles. The van der Waals surface area contributed by atoms with Crippen LogP contribution >= 0.6 is 22.9 Å². The quantitative estimate of drug-likeness (QED) is 0.134. The Morgan fingerprint density at radius 1 is 0.917 bits per heavy atom. The van der Waals surface area contributed by atoms with E-state index in [1.165, 1.54) is 35.6 Å². The molecule has 4 N–H and O–H groups in total. The molecular formula is C34H31ClN4O7S2. The number of aromatic nitrogens is 1. The van der Waals surface area contributed by atoms with Crippen molar-refractivity contribution in [2.24, 2.45) is 5.73 Å². The SMILES string of the molecule is NC(=O)CNC(=O)COc1ccc(CCCS(=O)(=O)c2ccc(Cl)cc2)cc1NC(=O)c1cccc(OCc2nc3ccccc3s2)c1. The number of hydrogen-bond acceptors (Lipinski definition) is 9. The third-order valence-corrected chi connectivity index (χ3v) is 10.0. The molecule has 14 heteroatoms. The molecule has 0 aliphatic rings. The summed E-state index contributed by atoms with van der Waals surface area (Å²) >= 11 is 7.42. The van der Waals surface area contributed by atoms with Crippen LogP contribution in [-0.4, -0.2) is 50.0 Å². The van der Waals surface area contributed by atoms with E-state index in [1.807, 2.05) is 24.3 Å². The fourth-order valence-corrected chi connectivity index (χ4v) is 6.93. The summed E-state index contributed by atoms with van der Waals surface area (Å²) in [4.78, 5) is 41.3. The van der Waals surface area contributed by atoms with E-state index in [0.29, 0.717) is 29.2 Å². The van der Waals surface area contributed by atoms with Crippen molar-refractivity contribution in [1.29, 1.82) is 0 Å². The first-order valence-corrected chi connectivity index (χ1v) is 17.6. The number of amides is 3. The van der Waals surface area contributed by atoms with Gasteiger partial charge in [0.05, 0.1) is 33.1 Å². The standard InChI is InChI=1S/C34H31ClN4O7S2/c35-24-11-13-26(14-12-24)48(43,44)16-4-5-22-10-15-29(46-20-32(41)37-19-31(36)40)28(17-22)39-34(42)23-6-3-7-25(18-23)45-21-33-38-27-8-1-2-9-30(27)47-33/h1-3,6-15,17-18H,4-5,16,19-21H2,(H2,36,40)(H,37,41)(H,39,42). The van der Waals surface area contributed by atoms with Crippen molar-refractivity contribution in [3.63, 3.8) is 0 Å². The van der Waals surface area contributed by atoms with Crippen LogP contribution in [0.5, 0.6) is 11.5 Å². The molecule has 0 bridgehead atoms. The van der Waals surface area contributed by atoms with Gasteiger partial charge in [0.2, 0.25) is 5.91 Å². The lowest BCUT2D eigenvalue weighted by Crippen LogP contribution is -2.36. The number of nitrogens with two attached hydrogens (primary N) is 1. The fraction of sp³-hybridized carbons (Fsp3) is 0.176. The first kappa shape index (κ1) is 34.4. The zero-order chi connectivity index (χ0) is 34.1. The highest BCUT2D eigenvalue weighted by Gasteiger charge is 2.17. The minimum absolute atomic E-state index is 0.0988. The lowest BCUT2D eigenvalue weighted by atomic mass is 10.1. The maximum Gasteiger partial charge on any atom is 0.258 e. The van der Waals surface area contributed by atoms with E-state index >= 15 is 0 Å². The van der Waals surface area contributed by atoms with Crippen LogP contribution in [0.2, 0.25) is 5.02 Å². The van der Waals surface area contributed by atoms with E-state index in [4.69, 9.17) is 26.8 Å². The first-order valence-electron chi connectivity index (χ1n) is 14.7. The number of para-hydroxylation sites is 1. The molecule has 5 aromatic rings. The Morgan fingerprint density at radius 2 is 1.71 bits per heavy atom. The van der Waals surface area contributed by atoms with Crippen molar-refractivity contribution >= 4 is 66.4 Å². The molecule has 0 fully saturated rings. The molecule has 0 saturated carbocycles. The minimum Gasteiger partial charge on any atom is -0.486 e. The number of halogens is 1. The van der Waals surface area contributed by atoms with Gasteiger partial charge in [-0.25, -0.2) is 13.4 Å². The molecule has 3 amide bonds. The van der Waals surface area contributed by atoms with Crippen LogP contribution in [0.4, 0.5) is 5.69 Å². The van der Waals surface area contributed by atoms with Crippen LogP contribution in [0, 0.1) is 0 Å². The van der Waals surface area contributed by atoms with E-state index in [0.717, 1.165) is 20.8 Å². The van der Waals surface area contributed by atoms with E-state index in [-0.39, 0.29) is 35.2 Å². The summed E-state index contributed by atoms with van der Waals surface area (Å²) in [5.41, 5.74) is 7.28. The number of ether oxygens (including phenoxy) is 2. The zero-order valence-corrected chi connectivity index (χ0v) is 27.9. The third kappa shape index (κ3) is 9.53. The normalized spacial score (nSPS) is 11.2. The Bertz CT molecular complexity index is 2020. The van der Waals surface area contributed by atoms with Crippen LogP contribution in [-0.2, 0) is 32.5 Å². The van der Waals surface area contributed by atoms with Gasteiger partial charge in [-0.1, -0.05) is 35.9 Å². The predicted molar refractivity (Wildman–Crippen MR) is 184 cm³/mol. The maximum absolute atomic E-state index is 13.4. The highest BCUT2D eigenvalue weighted by Crippen LogP contribution is 2.29. The molecule has 1 heterocycles. The summed E-state index contributed by atoms with van der Waals surface area (Å²) in [5.74, 6) is -1.19. The number of fused-ring (bicyclic) bond motifs is 1. The number of thiazole rings is 1. The predicted octanol–water partition coefficient (Wildman–Crippen LogP) is 5.17. The molecule has 0 unspecified atom stereocenters. The molecule has 4 aromatic carbocycles. The number of carbonyl (C=O) groups excluding carboxylic acids is 3. The van der Waals surface area contributed by atoms with Gasteiger partial charge in [-0.15, -0.1) is 11.3 Å². The van der Waals surface area contributed by atoms with Crippen molar-refractivity contribution in [1.82, 2.24) is 10.3 Å².